The Morgan fingerprint density at radius 1 is 0.571 bits per heavy atom. The number of nitrogens with two attached hydrogens (primary N) is 1. The van der Waals surface area contributed by atoms with Gasteiger partial charge in [-0.15, -0.1) is 0 Å². The lowest BCUT2D eigenvalue weighted by Crippen LogP contribution is -2.40. The number of nitrogens with one attached hydrogen (secondary N) is 1. The molecule has 0 radical (unpaired) electrons. The Morgan fingerprint density at radius 3 is 1.47 bits per heavy atom. The van der Waals surface area contributed by atoms with Gasteiger partial charge >= 0.3 is 11.9 Å². The number of amides is 1. The molecule has 7 heteroatoms. The van der Waals surface area contributed by atoms with Gasteiger partial charge in [0, 0.05) is 12.8 Å². The number of esters is 1. The standard InChI is InChI=1S/C42H80N2O5/c1-3-5-7-9-11-13-14-15-16-17-19-21-26-30-36-41(46)49-38(32-27-23-20-18-12-10-8-6-4-2)33-28-24-22-25-29-35-40(45)44-39(42(47)48)34-31-37-43/h14-15,38-39H,3-13,16-37,43H2,1-2H3,(H,44,45)(H,47,48)/b15-14-. The highest BCUT2D eigenvalue weighted by Gasteiger charge is 2.19. The van der Waals surface area contributed by atoms with Gasteiger partial charge in [-0.3, -0.25) is 9.59 Å². The van der Waals surface area contributed by atoms with Crippen LogP contribution in [-0.2, 0) is 19.1 Å². The summed E-state index contributed by atoms with van der Waals surface area (Å²) in [6, 6.07) is -0.853. The molecule has 1 amide bonds. The van der Waals surface area contributed by atoms with Crippen LogP contribution in [0, 0.1) is 0 Å². The van der Waals surface area contributed by atoms with Gasteiger partial charge in [0.15, 0.2) is 0 Å². The van der Waals surface area contributed by atoms with E-state index in [1.165, 1.54) is 116 Å². The third kappa shape index (κ3) is 34.3. The third-order valence-electron chi connectivity index (χ3n) is 9.58. The molecule has 0 aromatic carbocycles. The van der Waals surface area contributed by atoms with Crippen molar-refractivity contribution in [3.8, 4) is 0 Å². The molecule has 0 aliphatic heterocycles. The van der Waals surface area contributed by atoms with Crippen molar-refractivity contribution in [1.29, 1.82) is 0 Å². The number of carbonyl (C=O) groups excluding carboxylic acids is 2. The van der Waals surface area contributed by atoms with Gasteiger partial charge < -0.3 is 20.9 Å². The topological polar surface area (TPSA) is 119 Å². The predicted molar refractivity (Wildman–Crippen MR) is 207 cm³/mol. The lowest BCUT2D eigenvalue weighted by molar-refractivity contribution is -0.150. The monoisotopic (exact) mass is 693 g/mol. The van der Waals surface area contributed by atoms with Crippen LogP contribution in [0.1, 0.15) is 219 Å². The molecular formula is C42H80N2O5. The molecular weight excluding hydrogens is 612 g/mol. The second kappa shape index (κ2) is 37.4. The summed E-state index contributed by atoms with van der Waals surface area (Å²) in [7, 11) is 0. The largest absolute Gasteiger partial charge is 0.480 e. The summed E-state index contributed by atoms with van der Waals surface area (Å²) in [5.74, 6) is -1.23. The molecule has 2 atom stereocenters. The van der Waals surface area contributed by atoms with Crippen LogP contribution in [0.15, 0.2) is 12.2 Å². The van der Waals surface area contributed by atoms with Gasteiger partial charge in [-0.1, -0.05) is 142 Å². The zero-order chi connectivity index (χ0) is 36.0. The molecule has 49 heavy (non-hydrogen) atoms. The van der Waals surface area contributed by atoms with Crippen molar-refractivity contribution < 1.29 is 24.2 Å². The number of carboxylic acid groups (broad SMARTS) is 1. The highest BCUT2D eigenvalue weighted by molar-refractivity contribution is 5.83. The van der Waals surface area contributed by atoms with E-state index in [2.05, 4.69) is 31.3 Å². The molecule has 0 rings (SSSR count). The first-order valence-corrected chi connectivity index (χ1v) is 21.0. The Bertz CT molecular complexity index is 787. The fourth-order valence-electron chi connectivity index (χ4n) is 6.39. The second-order valence-electron chi connectivity index (χ2n) is 14.4. The fourth-order valence-corrected chi connectivity index (χ4v) is 6.39. The van der Waals surface area contributed by atoms with Crippen molar-refractivity contribution in [1.82, 2.24) is 5.32 Å². The van der Waals surface area contributed by atoms with Gasteiger partial charge in [-0.05, 0) is 83.6 Å². The minimum absolute atomic E-state index is 0.0164. The zero-order valence-electron chi connectivity index (χ0n) is 32.3. The SMILES string of the molecule is CCCCCCC/C=C\CCCCCCCC(=O)OC(CCCCCCCCCCC)CCCCCCCC(=O)NC(CCCN)C(=O)O. The summed E-state index contributed by atoms with van der Waals surface area (Å²) in [6.07, 6.45) is 39.6. The van der Waals surface area contributed by atoms with Crippen LogP contribution in [0.25, 0.3) is 0 Å². The van der Waals surface area contributed by atoms with Gasteiger partial charge in [0.2, 0.25) is 5.91 Å². The minimum atomic E-state index is -1.00. The molecule has 0 fully saturated rings. The molecule has 0 saturated heterocycles. The highest BCUT2D eigenvalue weighted by Crippen LogP contribution is 2.19. The van der Waals surface area contributed by atoms with Crippen LogP contribution >= 0.6 is 0 Å². The molecule has 0 saturated carbocycles. The van der Waals surface area contributed by atoms with E-state index in [0.29, 0.717) is 32.2 Å². The van der Waals surface area contributed by atoms with E-state index in [1.807, 2.05) is 0 Å². The number of aliphatic carboxylic acids is 1. The molecule has 0 aromatic rings. The molecule has 0 aliphatic carbocycles. The zero-order valence-corrected chi connectivity index (χ0v) is 32.3. The normalized spacial score (nSPS) is 12.7. The van der Waals surface area contributed by atoms with Crippen molar-refractivity contribution in [2.75, 3.05) is 6.54 Å². The Kier molecular flexibility index (Phi) is 35.9. The molecule has 0 spiro atoms. The summed E-state index contributed by atoms with van der Waals surface area (Å²) >= 11 is 0. The Hall–Kier alpha value is -1.89. The van der Waals surface area contributed by atoms with E-state index in [-0.39, 0.29) is 18.0 Å². The number of ether oxygens (including phenoxy) is 1. The molecule has 0 bridgehead atoms. The predicted octanol–water partition coefficient (Wildman–Crippen LogP) is 11.5. The van der Waals surface area contributed by atoms with E-state index in [9.17, 15) is 19.5 Å². The Morgan fingerprint density at radius 2 is 1.00 bits per heavy atom. The van der Waals surface area contributed by atoms with E-state index in [1.54, 1.807) is 0 Å². The second-order valence-corrected chi connectivity index (χ2v) is 14.4. The number of hydrogen-bond acceptors (Lipinski definition) is 5. The maximum atomic E-state index is 12.7. The quantitative estimate of drug-likeness (QED) is 0.0337. The number of carboxylic acids is 1. The summed E-state index contributed by atoms with van der Waals surface area (Å²) in [5.41, 5.74) is 5.48. The van der Waals surface area contributed by atoms with E-state index in [0.717, 1.165) is 64.2 Å². The van der Waals surface area contributed by atoms with Crippen molar-refractivity contribution in [3.63, 3.8) is 0 Å². The van der Waals surface area contributed by atoms with Crippen LogP contribution in [0.2, 0.25) is 0 Å². The van der Waals surface area contributed by atoms with E-state index >= 15 is 0 Å². The molecule has 2 unspecified atom stereocenters. The van der Waals surface area contributed by atoms with Crippen LogP contribution in [0.5, 0.6) is 0 Å². The van der Waals surface area contributed by atoms with Crippen molar-refractivity contribution in [2.24, 2.45) is 5.73 Å². The van der Waals surface area contributed by atoms with Crippen LogP contribution in [0.4, 0.5) is 0 Å². The van der Waals surface area contributed by atoms with Crippen molar-refractivity contribution in [2.45, 2.75) is 231 Å². The van der Waals surface area contributed by atoms with Crippen molar-refractivity contribution in [3.05, 3.63) is 12.2 Å². The van der Waals surface area contributed by atoms with Gasteiger partial charge in [0.1, 0.15) is 12.1 Å². The number of unbranched alkanes of at least 4 members (excludes halogenated alkanes) is 22. The summed E-state index contributed by atoms with van der Waals surface area (Å²) < 4.78 is 6.02. The average molecular weight is 693 g/mol. The third-order valence-corrected chi connectivity index (χ3v) is 9.58. The van der Waals surface area contributed by atoms with Crippen molar-refractivity contribution >= 4 is 17.8 Å². The lowest BCUT2D eigenvalue weighted by Gasteiger charge is -2.18. The molecule has 4 N–H and O–H groups in total. The first-order valence-electron chi connectivity index (χ1n) is 21.0. The van der Waals surface area contributed by atoms with Crippen LogP contribution < -0.4 is 11.1 Å². The molecule has 0 aliphatic rings. The number of carbonyl (C=O) groups is 3. The number of rotatable bonds is 38. The molecule has 0 heterocycles. The van der Waals surface area contributed by atoms with E-state index < -0.39 is 12.0 Å². The van der Waals surface area contributed by atoms with Crippen LogP contribution in [0.3, 0.4) is 0 Å². The van der Waals surface area contributed by atoms with Crippen LogP contribution in [-0.4, -0.2) is 41.6 Å². The van der Waals surface area contributed by atoms with Gasteiger partial charge in [0.25, 0.3) is 0 Å². The molecule has 7 nitrogen and oxygen atoms in total. The van der Waals surface area contributed by atoms with Gasteiger partial charge in [-0.25, -0.2) is 4.79 Å². The smallest absolute Gasteiger partial charge is 0.326 e. The molecule has 288 valence electrons. The first-order chi connectivity index (χ1) is 23.9. The summed E-state index contributed by atoms with van der Waals surface area (Å²) in [4.78, 5) is 36.3. The minimum Gasteiger partial charge on any atom is -0.480 e. The molecule has 0 aromatic heterocycles. The Labute approximate surface area is 302 Å². The number of hydrogen-bond donors (Lipinski definition) is 3. The summed E-state index contributed by atoms with van der Waals surface area (Å²) in [5, 5.41) is 11.9. The Balaban J connectivity index is 4.26. The van der Waals surface area contributed by atoms with E-state index in [4.69, 9.17) is 10.5 Å². The fraction of sp³-hybridized carbons (Fsp3) is 0.881. The average Bonchev–Trinajstić information content (AvgIpc) is 3.08. The number of allylic oxidation sites excluding steroid dienone is 2. The maximum Gasteiger partial charge on any atom is 0.326 e. The van der Waals surface area contributed by atoms with Gasteiger partial charge in [0.05, 0.1) is 0 Å². The first kappa shape index (κ1) is 47.1. The van der Waals surface area contributed by atoms with Gasteiger partial charge in [-0.2, -0.15) is 0 Å². The maximum absolute atomic E-state index is 12.7. The highest BCUT2D eigenvalue weighted by atomic mass is 16.5. The lowest BCUT2D eigenvalue weighted by atomic mass is 10.0. The summed E-state index contributed by atoms with van der Waals surface area (Å²) in [6.45, 7) is 4.93.